The Bertz CT molecular complexity index is 458. The van der Waals surface area contributed by atoms with Crippen LogP contribution in [0.25, 0.3) is 0 Å². The molecule has 1 saturated heterocycles. The van der Waals surface area contributed by atoms with Gasteiger partial charge in [0.1, 0.15) is 0 Å². The van der Waals surface area contributed by atoms with Gasteiger partial charge in [0.25, 0.3) is 5.91 Å². The van der Waals surface area contributed by atoms with Crippen LogP contribution >= 0.6 is 15.9 Å². The van der Waals surface area contributed by atoms with Gasteiger partial charge >= 0.3 is 0 Å². The Balaban J connectivity index is 2.07. The first-order valence-electron chi connectivity index (χ1n) is 5.87. The van der Waals surface area contributed by atoms with E-state index in [-0.39, 0.29) is 17.7 Å². The molecule has 0 aliphatic carbocycles. The zero-order valence-electron chi connectivity index (χ0n) is 10.1. The third-order valence-electron chi connectivity index (χ3n) is 3.17. The maximum Gasteiger partial charge on any atom is 0.258 e. The number of piperidine rings is 1. The summed E-state index contributed by atoms with van der Waals surface area (Å²) in [6, 6.07) is 1.63. The first-order chi connectivity index (χ1) is 8.63. The van der Waals surface area contributed by atoms with Crippen LogP contribution in [-0.2, 0) is 4.79 Å². The van der Waals surface area contributed by atoms with Crippen LogP contribution in [0.2, 0.25) is 0 Å². The van der Waals surface area contributed by atoms with Crippen LogP contribution in [-0.4, -0.2) is 36.9 Å². The third-order valence-corrected chi connectivity index (χ3v) is 3.79. The number of rotatable bonds is 2. The highest BCUT2D eigenvalue weighted by Crippen LogP contribution is 2.23. The molecule has 18 heavy (non-hydrogen) atoms. The van der Waals surface area contributed by atoms with E-state index in [1.54, 1.807) is 18.0 Å². The van der Waals surface area contributed by atoms with Gasteiger partial charge in [-0.3, -0.25) is 9.59 Å². The summed E-state index contributed by atoms with van der Waals surface area (Å²) in [5, 5.41) is 2.64. The number of halogens is 1. The molecule has 2 amide bonds. The molecule has 2 rings (SSSR count). The Morgan fingerprint density at radius 1 is 1.56 bits per heavy atom. The first-order valence-corrected chi connectivity index (χ1v) is 6.66. The monoisotopic (exact) mass is 314 g/mol. The number of nitrogens with zero attached hydrogens (tertiary/aromatic N) is 1. The standard InChI is InChI=1S/C12H15BrN2O3/c1-14-11(16)8-3-2-5-15(7-8)12(17)9-4-6-18-10(9)13/h4,6,8H,2-3,5,7H2,1H3,(H,14,16). The van der Waals surface area contributed by atoms with Crippen molar-refractivity contribution in [3.63, 3.8) is 0 Å². The summed E-state index contributed by atoms with van der Waals surface area (Å²) in [6.07, 6.45) is 3.15. The van der Waals surface area contributed by atoms with Gasteiger partial charge in [0, 0.05) is 20.1 Å². The van der Waals surface area contributed by atoms with E-state index >= 15 is 0 Å². The van der Waals surface area contributed by atoms with E-state index < -0.39 is 0 Å². The number of carbonyl (C=O) groups is 2. The van der Waals surface area contributed by atoms with Crippen molar-refractivity contribution in [1.29, 1.82) is 0 Å². The highest BCUT2D eigenvalue weighted by molar-refractivity contribution is 9.10. The summed E-state index contributed by atoms with van der Waals surface area (Å²) in [7, 11) is 1.62. The van der Waals surface area contributed by atoms with E-state index in [1.165, 1.54) is 6.26 Å². The quantitative estimate of drug-likeness (QED) is 0.902. The second-order valence-corrected chi connectivity index (χ2v) is 5.03. The molecule has 1 N–H and O–H groups in total. The molecular formula is C12H15BrN2O3. The van der Waals surface area contributed by atoms with E-state index in [4.69, 9.17) is 4.42 Å². The Labute approximate surface area is 114 Å². The Morgan fingerprint density at radius 2 is 2.33 bits per heavy atom. The average Bonchev–Trinajstić information content (AvgIpc) is 2.83. The van der Waals surface area contributed by atoms with Crippen LogP contribution < -0.4 is 5.32 Å². The highest BCUT2D eigenvalue weighted by Gasteiger charge is 2.29. The van der Waals surface area contributed by atoms with Gasteiger partial charge in [0.05, 0.1) is 17.7 Å². The number of amides is 2. The fourth-order valence-corrected chi connectivity index (χ4v) is 2.61. The van der Waals surface area contributed by atoms with E-state index in [0.717, 1.165) is 12.8 Å². The second-order valence-electron chi connectivity index (χ2n) is 4.31. The molecular weight excluding hydrogens is 300 g/mol. The zero-order valence-corrected chi connectivity index (χ0v) is 11.7. The molecule has 6 heteroatoms. The Kier molecular flexibility index (Phi) is 4.06. The normalized spacial score (nSPS) is 19.7. The van der Waals surface area contributed by atoms with Crippen molar-refractivity contribution in [2.75, 3.05) is 20.1 Å². The molecule has 1 aromatic heterocycles. The lowest BCUT2D eigenvalue weighted by Crippen LogP contribution is -2.44. The number of likely N-dealkylation sites (tertiary alicyclic amines) is 1. The van der Waals surface area contributed by atoms with Crippen molar-refractivity contribution >= 4 is 27.7 Å². The number of hydrogen-bond acceptors (Lipinski definition) is 3. The van der Waals surface area contributed by atoms with Crippen LogP contribution in [0.15, 0.2) is 21.4 Å². The van der Waals surface area contributed by atoms with Gasteiger partial charge < -0.3 is 14.6 Å². The number of hydrogen-bond donors (Lipinski definition) is 1. The van der Waals surface area contributed by atoms with Gasteiger partial charge in [-0.1, -0.05) is 0 Å². The predicted octanol–water partition coefficient (Wildman–Crippen LogP) is 1.64. The van der Waals surface area contributed by atoms with E-state index in [0.29, 0.717) is 23.3 Å². The molecule has 5 nitrogen and oxygen atoms in total. The fraction of sp³-hybridized carbons (Fsp3) is 0.500. The van der Waals surface area contributed by atoms with Gasteiger partial charge in [-0.25, -0.2) is 0 Å². The van der Waals surface area contributed by atoms with Gasteiger partial charge in [-0.15, -0.1) is 0 Å². The number of nitrogens with one attached hydrogen (secondary N) is 1. The fourth-order valence-electron chi connectivity index (χ4n) is 2.20. The van der Waals surface area contributed by atoms with Crippen LogP contribution in [0.1, 0.15) is 23.2 Å². The average molecular weight is 315 g/mol. The minimum atomic E-state index is -0.113. The van der Waals surface area contributed by atoms with Crippen molar-refractivity contribution in [2.24, 2.45) is 5.92 Å². The third kappa shape index (κ3) is 2.58. The van der Waals surface area contributed by atoms with Gasteiger partial charge in [0.15, 0.2) is 4.67 Å². The minimum Gasteiger partial charge on any atom is -0.457 e. The van der Waals surface area contributed by atoms with Crippen molar-refractivity contribution in [2.45, 2.75) is 12.8 Å². The lowest BCUT2D eigenvalue weighted by Gasteiger charge is -2.31. The number of furan rings is 1. The second kappa shape index (κ2) is 5.56. The van der Waals surface area contributed by atoms with Crippen LogP contribution in [0.5, 0.6) is 0 Å². The van der Waals surface area contributed by atoms with Gasteiger partial charge in [0.2, 0.25) is 5.91 Å². The van der Waals surface area contributed by atoms with Crippen LogP contribution in [0.4, 0.5) is 0 Å². The van der Waals surface area contributed by atoms with Crippen LogP contribution in [0, 0.1) is 5.92 Å². The summed E-state index contributed by atoms with van der Waals surface area (Å²) in [4.78, 5) is 25.6. The molecule has 0 aromatic carbocycles. The molecule has 1 aliphatic heterocycles. The highest BCUT2D eigenvalue weighted by atomic mass is 79.9. The molecule has 2 heterocycles. The Hall–Kier alpha value is -1.30. The zero-order chi connectivity index (χ0) is 13.1. The van der Waals surface area contributed by atoms with Gasteiger partial charge in [-0.2, -0.15) is 0 Å². The van der Waals surface area contributed by atoms with E-state index in [1.807, 2.05) is 0 Å². The molecule has 1 unspecified atom stereocenters. The number of carbonyl (C=O) groups excluding carboxylic acids is 2. The molecule has 1 fully saturated rings. The summed E-state index contributed by atoms with van der Waals surface area (Å²) < 4.78 is 5.50. The maximum atomic E-state index is 12.2. The smallest absolute Gasteiger partial charge is 0.258 e. The topological polar surface area (TPSA) is 62.6 Å². The maximum absolute atomic E-state index is 12.2. The molecule has 1 aliphatic rings. The van der Waals surface area contributed by atoms with E-state index in [9.17, 15) is 9.59 Å². The summed E-state index contributed by atoms with van der Waals surface area (Å²) in [5.41, 5.74) is 0.507. The molecule has 0 saturated carbocycles. The minimum absolute atomic E-state index is 0.00115. The SMILES string of the molecule is CNC(=O)C1CCCN(C(=O)c2ccoc2Br)C1. The van der Waals surface area contributed by atoms with Crippen molar-refractivity contribution < 1.29 is 14.0 Å². The molecule has 0 radical (unpaired) electrons. The summed E-state index contributed by atoms with van der Waals surface area (Å²) in [5.74, 6) is -0.207. The van der Waals surface area contributed by atoms with Crippen LogP contribution in [0.3, 0.4) is 0 Å². The summed E-state index contributed by atoms with van der Waals surface area (Å²) >= 11 is 3.20. The largest absolute Gasteiger partial charge is 0.457 e. The predicted molar refractivity (Wildman–Crippen MR) is 69.1 cm³/mol. The lowest BCUT2D eigenvalue weighted by molar-refractivity contribution is -0.125. The first kappa shape index (κ1) is 13.1. The lowest BCUT2D eigenvalue weighted by atomic mass is 9.97. The van der Waals surface area contributed by atoms with Crippen molar-refractivity contribution in [3.8, 4) is 0 Å². The molecule has 1 atom stereocenters. The molecule has 98 valence electrons. The summed E-state index contributed by atoms with van der Waals surface area (Å²) in [6.45, 7) is 1.15. The van der Waals surface area contributed by atoms with Crippen molar-refractivity contribution in [3.05, 3.63) is 22.6 Å². The Morgan fingerprint density at radius 3 is 2.94 bits per heavy atom. The van der Waals surface area contributed by atoms with Gasteiger partial charge in [-0.05, 0) is 34.8 Å². The van der Waals surface area contributed by atoms with E-state index in [2.05, 4.69) is 21.2 Å². The molecule has 0 bridgehead atoms. The molecule has 1 aromatic rings. The molecule has 0 spiro atoms. The van der Waals surface area contributed by atoms with Crippen molar-refractivity contribution in [1.82, 2.24) is 10.2 Å².